The van der Waals surface area contributed by atoms with Crippen molar-refractivity contribution >= 4 is 32.6 Å². The van der Waals surface area contributed by atoms with E-state index in [-0.39, 0.29) is 11.5 Å². The van der Waals surface area contributed by atoms with Gasteiger partial charge in [-0.3, -0.25) is 9.59 Å². The number of carbonyl (C=O) groups is 1. The van der Waals surface area contributed by atoms with Crippen LogP contribution in [0.3, 0.4) is 0 Å². The van der Waals surface area contributed by atoms with Gasteiger partial charge in [0, 0.05) is 17.7 Å². The van der Waals surface area contributed by atoms with Crippen LogP contribution >= 0.6 is 11.3 Å². The standard InChI is InChI=1S/C17H17N5O2S/c1-8-5-10(6-13-14(8)21-17(18)25-13)16(24)22-4-3-11-12(7-22)19-9(2)20-15(11)23/h5-6H,3-4,7H2,1-2H3,(H2,18,21)(H,19,20,23). The van der Waals surface area contributed by atoms with Crippen LogP contribution in [0.15, 0.2) is 16.9 Å². The number of carbonyl (C=O) groups excluding carboxylic acids is 1. The van der Waals surface area contributed by atoms with Gasteiger partial charge < -0.3 is 15.6 Å². The van der Waals surface area contributed by atoms with Crippen LogP contribution in [0, 0.1) is 13.8 Å². The number of hydrogen-bond donors (Lipinski definition) is 2. The maximum Gasteiger partial charge on any atom is 0.254 e. The van der Waals surface area contributed by atoms with Crippen LogP contribution in [0.5, 0.6) is 0 Å². The van der Waals surface area contributed by atoms with Crippen molar-refractivity contribution in [2.45, 2.75) is 26.8 Å². The summed E-state index contributed by atoms with van der Waals surface area (Å²) in [6, 6.07) is 3.68. The smallest absolute Gasteiger partial charge is 0.254 e. The van der Waals surface area contributed by atoms with Gasteiger partial charge in [-0.2, -0.15) is 0 Å². The van der Waals surface area contributed by atoms with E-state index in [1.807, 2.05) is 19.1 Å². The lowest BCUT2D eigenvalue weighted by atomic mass is 10.0. The van der Waals surface area contributed by atoms with Gasteiger partial charge in [0.1, 0.15) is 5.82 Å². The predicted octanol–water partition coefficient (Wildman–Crippen LogP) is 1.78. The van der Waals surface area contributed by atoms with Crippen molar-refractivity contribution in [1.82, 2.24) is 19.9 Å². The molecule has 3 heterocycles. The monoisotopic (exact) mass is 355 g/mol. The molecule has 1 amide bonds. The quantitative estimate of drug-likeness (QED) is 0.692. The van der Waals surface area contributed by atoms with E-state index in [2.05, 4.69) is 15.0 Å². The molecule has 3 aromatic rings. The zero-order valence-corrected chi connectivity index (χ0v) is 14.7. The highest BCUT2D eigenvalue weighted by molar-refractivity contribution is 7.22. The largest absolute Gasteiger partial charge is 0.375 e. The van der Waals surface area contributed by atoms with E-state index in [0.717, 1.165) is 15.8 Å². The van der Waals surface area contributed by atoms with Gasteiger partial charge in [-0.05, 0) is 38.0 Å². The fourth-order valence-corrected chi connectivity index (χ4v) is 4.11. The summed E-state index contributed by atoms with van der Waals surface area (Å²) in [5, 5.41) is 0.494. The second kappa shape index (κ2) is 5.66. The Bertz CT molecular complexity index is 1070. The maximum atomic E-state index is 12.9. The Kier molecular flexibility index (Phi) is 3.57. The van der Waals surface area contributed by atoms with Crippen molar-refractivity contribution in [3.63, 3.8) is 0 Å². The molecule has 0 fully saturated rings. The Morgan fingerprint density at radius 2 is 2.12 bits per heavy atom. The summed E-state index contributed by atoms with van der Waals surface area (Å²) >= 11 is 1.38. The van der Waals surface area contributed by atoms with Crippen molar-refractivity contribution in [1.29, 1.82) is 0 Å². The number of aromatic nitrogens is 3. The van der Waals surface area contributed by atoms with Gasteiger partial charge in [0.15, 0.2) is 5.13 Å². The number of benzene rings is 1. The minimum absolute atomic E-state index is 0.0673. The molecule has 7 nitrogen and oxygen atoms in total. The molecule has 2 aromatic heterocycles. The first-order valence-electron chi connectivity index (χ1n) is 7.97. The molecular weight excluding hydrogens is 338 g/mol. The average Bonchev–Trinajstić information content (AvgIpc) is 2.94. The lowest BCUT2D eigenvalue weighted by molar-refractivity contribution is 0.0731. The summed E-state index contributed by atoms with van der Waals surface area (Å²) in [7, 11) is 0. The molecule has 0 bridgehead atoms. The number of anilines is 1. The predicted molar refractivity (Wildman–Crippen MR) is 96.8 cm³/mol. The average molecular weight is 355 g/mol. The fourth-order valence-electron chi connectivity index (χ4n) is 3.26. The Hall–Kier alpha value is -2.74. The second-order valence-electron chi connectivity index (χ2n) is 6.25. The molecule has 0 saturated heterocycles. The van der Waals surface area contributed by atoms with E-state index >= 15 is 0 Å². The normalized spacial score (nSPS) is 13.9. The first-order chi connectivity index (χ1) is 11.9. The van der Waals surface area contributed by atoms with Gasteiger partial charge in [0.25, 0.3) is 11.5 Å². The highest BCUT2D eigenvalue weighted by Crippen LogP contribution is 2.28. The summed E-state index contributed by atoms with van der Waals surface area (Å²) in [6.07, 6.45) is 0.512. The summed E-state index contributed by atoms with van der Waals surface area (Å²) < 4.78 is 0.906. The molecule has 1 aromatic carbocycles. The van der Waals surface area contributed by atoms with Crippen molar-refractivity contribution in [3.8, 4) is 0 Å². The summed E-state index contributed by atoms with van der Waals surface area (Å²) in [5.41, 5.74) is 9.41. The highest BCUT2D eigenvalue weighted by atomic mass is 32.1. The number of nitrogens with zero attached hydrogens (tertiary/aromatic N) is 3. The number of nitrogens with two attached hydrogens (primary N) is 1. The van der Waals surface area contributed by atoms with Gasteiger partial charge in [0.05, 0.1) is 22.5 Å². The van der Waals surface area contributed by atoms with E-state index in [9.17, 15) is 9.59 Å². The zero-order valence-electron chi connectivity index (χ0n) is 13.9. The van der Waals surface area contributed by atoms with E-state index in [4.69, 9.17) is 5.73 Å². The molecule has 4 rings (SSSR count). The molecule has 1 aliphatic rings. The topological polar surface area (TPSA) is 105 Å². The van der Waals surface area contributed by atoms with Gasteiger partial charge in [-0.25, -0.2) is 9.97 Å². The van der Waals surface area contributed by atoms with Crippen molar-refractivity contribution in [2.75, 3.05) is 12.3 Å². The van der Waals surface area contributed by atoms with Crippen LogP contribution in [0.1, 0.15) is 33.0 Å². The highest BCUT2D eigenvalue weighted by Gasteiger charge is 2.25. The third-order valence-corrected chi connectivity index (χ3v) is 5.26. The van der Waals surface area contributed by atoms with Crippen molar-refractivity contribution in [3.05, 3.63) is 50.7 Å². The van der Waals surface area contributed by atoms with Crippen LogP contribution < -0.4 is 11.3 Å². The fraction of sp³-hybridized carbons (Fsp3) is 0.294. The van der Waals surface area contributed by atoms with Crippen molar-refractivity contribution in [2.24, 2.45) is 0 Å². The number of hydrogen-bond acceptors (Lipinski definition) is 6. The van der Waals surface area contributed by atoms with Gasteiger partial charge >= 0.3 is 0 Å². The number of nitrogens with one attached hydrogen (secondary N) is 1. The van der Waals surface area contributed by atoms with Crippen LogP contribution in [0.25, 0.3) is 10.2 Å². The lowest BCUT2D eigenvalue weighted by Gasteiger charge is -2.28. The zero-order chi connectivity index (χ0) is 17.7. The number of amides is 1. The van der Waals surface area contributed by atoms with Crippen LogP contribution in [-0.2, 0) is 13.0 Å². The number of aryl methyl sites for hydroxylation is 2. The third kappa shape index (κ3) is 2.68. The molecule has 25 heavy (non-hydrogen) atoms. The Balaban J connectivity index is 1.69. The Morgan fingerprint density at radius 3 is 2.92 bits per heavy atom. The summed E-state index contributed by atoms with van der Waals surface area (Å²) in [6.45, 7) is 4.52. The third-order valence-electron chi connectivity index (χ3n) is 4.43. The SMILES string of the molecule is Cc1nc2c(c(=O)[nH]1)CCN(C(=O)c1cc(C)c3nc(N)sc3c1)C2. The molecule has 0 spiro atoms. The van der Waals surface area contributed by atoms with Crippen LogP contribution in [-0.4, -0.2) is 32.3 Å². The number of aromatic amines is 1. The van der Waals surface area contributed by atoms with E-state index < -0.39 is 0 Å². The van der Waals surface area contributed by atoms with Crippen LogP contribution in [0.4, 0.5) is 5.13 Å². The van der Waals surface area contributed by atoms with Gasteiger partial charge in [-0.1, -0.05) is 11.3 Å². The molecule has 128 valence electrons. The molecular formula is C17H17N5O2S. The van der Waals surface area contributed by atoms with Crippen molar-refractivity contribution < 1.29 is 4.79 Å². The number of thiazole rings is 1. The molecule has 0 atom stereocenters. The maximum absolute atomic E-state index is 12.9. The van der Waals surface area contributed by atoms with E-state index in [1.165, 1.54) is 11.3 Å². The molecule has 0 radical (unpaired) electrons. The number of nitrogen functional groups attached to an aromatic ring is 1. The summed E-state index contributed by atoms with van der Waals surface area (Å²) in [5.74, 6) is 0.498. The minimum Gasteiger partial charge on any atom is -0.375 e. The summed E-state index contributed by atoms with van der Waals surface area (Å²) in [4.78, 5) is 38.1. The molecule has 8 heteroatoms. The molecule has 0 saturated carbocycles. The van der Waals surface area contributed by atoms with Gasteiger partial charge in [0.2, 0.25) is 0 Å². The number of H-pyrrole nitrogens is 1. The van der Waals surface area contributed by atoms with Gasteiger partial charge in [-0.15, -0.1) is 0 Å². The van der Waals surface area contributed by atoms with E-state index in [1.54, 1.807) is 11.8 Å². The van der Waals surface area contributed by atoms with E-state index in [0.29, 0.717) is 47.3 Å². The Morgan fingerprint density at radius 1 is 1.32 bits per heavy atom. The molecule has 0 unspecified atom stereocenters. The minimum atomic E-state index is -0.105. The molecule has 3 N–H and O–H groups in total. The van der Waals surface area contributed by atoms with Crippen LogP contribution in [0.2, 0.25) is 0 Å². The number of rotatable bonds is 1. The first-order valence-corrected chi connectivity index (χ1v) is 8.78. The first kappa shape index (κ1) is 15.8. The second-order valence-corrected chi connectivity index (χ2v) is 7.31. The Labute approximate surface area is 147 Å². The molecule has 1 aliphatic heterocycles. The number of fused-ring (bicyclic) bond motifs is 2. The lowest BCUT2D eigenvalue weighted by Crippen LogP contribution is -2.39. The molecule has 0 aliphatic carbocycles.